The van der Waals surface area contributed by atoms with Gasteiger partial charge >= 0.3 is 0 Å². The third-order valence-electron chi connectivity index (χ3n) is 3.33. The SMILES string of the molecule is Cc1ccc(CN[C@@H](C)c2cn(C)nc2C)c(Br)c1. The Labute approximate surface area is 123 Å². The van der Waals surface area contributed by atoms with Crippen LogP contribution < -0.4 is 5.32 Å². The summed E-state index contributed by atoms with van der Waals surface area (Å²) in [7, 11) is 1.96. The summed E-state index contributed by atoms with van der Waals surface area (Å²) in [5, 5.41) is 7.93. The molecular weight excluding hydrogens is 302 g/mol. The Kier molecular flexibility index (Phi) is 4.42. The lowest BCUT2D eigenvalue weighted by atomic mass is 10.1. The molecule has 0 aliphatic rings. The Hall–Kier alpha value is -1.13. The van der Waals surface area contributed by atoms with E-state index in [9.17, 15) is 0 Å². The zero-order chi connectivity index (χ0) is 14.0. The molecule has 0 radical (unpaired) electrons. The molecule has 1 heterocycles. The van der Waals surface area contributed by atoms with E-state index in [0.29, 0.717) is 6.04 Å². The molecule has 0 fully saturated rings. The minimum Gasteiger partial charge on any atom is -0.306 e. The lowest BCUT2D eigenvalue weighted by Crippen LogP contribution is -2.18. The van der Waals surface area contributed by atoms with Crippen molar-refractivity contribution in [3.05, 3.63) is 51.3 Å². The molecule has 1 aromatic carbocycles. The molecule has 2 rings (SSSR count). The van der Waals surface area contributed by atoms with Gasteiger partial charge in [-0.1, -0.05) is 28.1 Å². The maximum atomic E-state index is 4.38. The quantitative estimate of drug-likeness (QED) is 0.931. The van der Waals surface area contributed by atoms with Gasteiger partial charge in [0.25, 0.3) is 0 Å². The van der Waals surface area contributed by atoms with Crippen LogP contribution in [-0.2, 0) is 13.6 Å². The van der Waals surface area contributed by atoms with E-state index in [1.807, 2.05) is 11.7 Å². The van der Waals surface area contributed by atoms with Crippen LogP contribution in [0.4, 0.5) is 0 Å². The average molecular weight is 322 g/mol. The highest BCUT2D eigenvalue weighted by atomic mass is 79.9. The molecule has 0 aliphatic heterocycles. The number of hydrogen-bond acceptors (Lipinski definition) is 2. The van der Waals surface area contributed by atoms with Crippen LogP contribution in [0, 0.1) is 13.8 Å². The van der Waals surface area contributed by atoms with Gasteiger partial charge in [-0.3, -0.25) is 4.68 Å². The van der Waals surface area contributed by atoms with Gasteiger partial charge in [-0.05, 0) is 38.0 Å². The monoisotopic (exact) mass is 321 g/mol. The lowest BCUT2D eigenvalue weighted by molar-refractivity contribution is 0.571. The van der Waals surface area contributed by atoms with E-state index in [1.54, 1.807) is 0 Å². The molecule has 19 heavy (non-hydrogen) atoms. The van der Waals surface area contributed by atoms with Gasteiger partial charge in [-0.15, -0.1) is 0 Å². The molecular formula is C15H20BrN3. The van der Waals surface area contributed by atoms with Gasteiger partial charge in [0.1, 0.15) is 0 Å². The van der Waals surface area contributed by atoms with Crippen LogP contribution >= 0.6 is 15.9 Å². The van der Waals surface area contributed by atoms with Gasteiger partial charge < -0.3 is 5.32 Å². The molecule has 0 saturated carbocycles. The largest absolute Gasteiger partial charge is 0.306 e. The maximum absolute atomic E-state index is 4.38. The summed E-state index contributed by atoms with van der Waals surface area (Å²) in [5.74, 6) is 0. The van der Waals surface area contributed by atoms with Crippen LogP contribution in [0.5, 0.6) is 0 Å². The van der Waals surface area contributed by atoms with Gasteiger partial charge in [0.05, 0.1) is 5.69 Å². The molecule has 4 heteroatoms. The van der Waals surface area contributed by atoms with Crippen molar-refractivity contribution in [2.75, 3.05) is 0 Å². The van der Waals surface area contributed by atoms with E-state index in [4.69, 9.17) is 0 Å². The van der Waals surface area contributed by atoms with Crippen molar-refractivity contribution in [2.24, 2.45) is 7.05 Å². The second-order valence-electron chi connectivity index (χ2n) is 5.04. The van der Waals surface area contributed by atoms with E-state index in [-0.39, 0.29) is 0 Å². The second kappa shape index (κ2) is 5.88. The Morgan fingerprint density at radius 1 is 1.37 bits per heavy atom. The number of halogens is 1. The fraction of sp³-hybridized carbons (Fsp3) is 0.400. The number of rotatable bonds is 4. The van der Waals surface area contributed by atoms with E-state index >= 15 is 0 Å². The number of benzene rings is 1. The Morgan fingerprint density at radius 3 is 2.68 bits per heavy atom. The predicted octanol–water partition coefficient (Wildman–Crippen LogP) is 3.65. The summed E-state index contributed by atoms with van der Waals surface area (Å²) < 4.78 is 3.03. The Morgan fingerprint density at radius 2 is 2.11 bits per heavy atom. The van der Waals surface area contributed by atoms with Gasteiger partial charge in [0.2, 0.25) is 0 Å². The lowest BCUT2D eigenvalue weighted by Gasteiger charge is -2.14. The number of nitrogens with one attached hydrogen (secondary N) is 1. The van der Waals surface area contributed by atoms with Crippen molar-refractivity contribution >= 4 is 15.9 Å². The zero-order valence-corrected chi connectivity index (χ0v) is 13.5. The van der Waals surface area contributed by atoms with Gasteiger partial charge in [0, 0.05) is 35.9 Å². The highest BCUT2D eigenvalue weighted by molar-refractivity contribution is 9.10. The van der Waals surface area contributed by atoms with Gasteiger partial charge in [0.15, 0.2) is 0 Å². The maximum Gasteiger partial charge on any atom is 0.0641 e. The smallest absolute Gasteiger partial charge is 0.0641 e. The van der Waals surface area contributed by atoms with Crippen LogP contribution in [0.3, 0.4) is 0 Å². The molecule has 0 amide bonds. The minimum atomic E-state index is 0.293. The van der Waals surface area contributed by atoms with E-state index in [2.05, 4.69) is 71.5 Å². The molecule has 1 aromatic heterocycles. The third kappa shape index (κ3) is 3.45. The highest BCUT2D eigenvalue weighted by Gasteiger charge is 2.11. The highest BCUT2D eigenvalue weighted by Crippen LogP contribution is 2.20. The summed E-state index contributed by atoms with van der Waals surface area (Å²) in [4.78, 5) is 0. The first-order valence-corrected chi connectivity index (χ1v) is 7.25. The van der Waals surface area contributed by atoms with E-state index < -0.39 is 0 Å². The number of hydrogen-bond donors (Lipinski definition) is 1. The van der Waals surface area contributed by atoms with E-state index in [1.165, 1.54) is 16.7 Å². The predicted molar refractivity (Wildman–Crippen MR) is 82.1 cm³/mol. The first kappa shape index (κ1) is 14.3. The summed E-state index contributed by atoms with van der Waals surface area (Å²) in [5.41, 5.74) is 4.89. The first-order chi connectivity index (χ1) is 8.97. The molecule has 3 nitrogen and oxygen atoms in total. The Bertz CT molecular complexity index is 575. The fourth-order valence-corrected chi connectivity index (χ4v) is 2.85. The molecule has 1 atom stereocenters. The molecule has 0 saturated heterocycles. The first-order valence-electron chi connectivity index (χ1n) is 6.46. The van der Waals surface area contributed by atoms with Crippen molar-refractivity contribution in [3.8, 4) is 0 Å². The normalized spacial score (nSPS) is 12.7. The van der Waals surface area contributed by atoms with Crippen molar-refractivity contribution in [2.45, 2.75) is 33.4 Å². The number of aromatic nitrogens is 2. The molecule has 0 bridgehead atoms. The zero-order valence-electron chi connectivity index (χ0n) is 11.9. The summed E-state index contributed by atoms with van der Waals surface area (Å²) in [6.07, 6.45) is 2.08. The minimum absolute atomic E-state index is 0.293. The van der Waals surface area contributed by atoms with Crippen LogP contribution in [-0.4, -0.2) is 9.78 Å². The van der Waals surface area contributed by atoms with Gasteiger partial charge in [-0.2, -0.15) is 5.10 Å². The van der Waals surface area contributed by atoms with Crippen molar-refractivity contribution < 1.29 is 0 Å². The molecule has 102 valence electrons. The van der Waals surface area contributed by atoms with E-state index in [0.717, 1.165) is 16.7 Å². The number of aryl methyl sites for hydroxylation is 3. The molecule has 0 unspecified atom stereocenters. The van der Waals surface area contributed by atoms with Crippen LogP contribution in [0.15, 0.2) is 28.9 Å². The van der Waals surface area contributed by atoms with Crippen molar-refractivity contribution in [1.29, 1.82) is 0 Å². The van der Waals surface area contributed by atoms with Crippen LogP contribution in [0.2, 0.25) is 0 Å². The standard InChI is InChI=1S/C15H20BrN3/c1-10-5-6-13(15(16)7-10)8-17-11(2)14-9-19(4)18-12(14)3/h5-7,9,11,17H,8H2,1-4H3/t11-/m0/s1. The second-order valence-corrected chi connectivity index (χ2v) is 5.90. The molecule has 1 N–H and O–H groups in total. The average Bonchev–Trinajstić information content (AvgIpc) is 2.67. The summed E-state index contributed by atoms with van der Waals surface area (Å²) >= 11 is 3.62. The number of nitrogens with zero attached hydrogens (tertiary/aromatic N) is 2. The van der Waals surface area contributed by atoms with Gasteiger partial charge in [-0.25, -0.2) is 0 Å². The van der Waals surface area contributed by atoms with Crippen LogP contribution in [0.25, 0.3) is 0 Å². The van der Waals surface area contributed by atoms with Crippen LogP contribution in [0.1, 0.15) is 35.3 Å². The van der Waals surface area contributed by atoms with Crippen molar-refractivity contribution in [1.82, 2.24) is 15.1 Å². The Balaban J connectivity index is 2.04. The molecule has 0 spiro atoms. The summed E-state index contributed by atoms with van der Waals surface area (Å²) in [6, 6.07) is 6.75. The fourth-order valence-electron chi connectivity index (χ4n) is 2.21. The molecule has 0 aliphatic carbocycles. The summed E-state index contributed by atoms with van der Waals surface area (Å²) in [6.45, 7) is 7.17. The van der Waals surface area contributed by atoms with Crippen molar-refractivity contribution in [3.63, 3.8) is 0 Å². The topological polar surface area (TPSA) is 29.9 Å². The third-order valence-corrected chi connectivity index (χ3v) is 4.06. The molecule has 2 aromatic rings.